The fourth-order valence-corrected chi connectivity index (χ4v) is 3.24. The fraction of sp³-hybridized carbons (Fsp3) is 0.200. The minimum atomic E-state index is -0.641. The molecule has 128 valence electrons. The number of nitrogens with zero attached hydrogens (tertiary/aromatic N) is 4. The van der Waals surface area contributed by atoms with Gasteiger partial charge in [-0.1, -0.05) is 0 Å². The van der Waals surface area contributed by atoms with Crippen LogP contribution in [-0.4, -0.2) is 32.5 Å². The van der Waals surface area contributed by atoms with Crippen LogP contribution in [0.15, 0.2) is 24.7 Å². The number of aromatic nitrogens is 3. The molecule has 25 heavy (non-hydrogen) atoms. The molecule has 0 aliphatic carbocycles. The van der Waals surface area contributed by atoms with Gasteiger partial charge in [-0.2, -0.15) is 0 Å². The molecule has 0 unspecified atom stereocenters. The second kappa shape index (κ2) is 6.77. The van der Waals surface area contributed by atoms with Crippen LogP contribution >= 0.6 is 11.3 Å². The molecule has 3 rings (SSSR count). The smallest absolute Gasteiger partial charge is 0.406 e. The monoisotopic (exact) mass is 360 g/mol. The molecule has 0 aromatic carbocycles. The van der Waals surface area contributed by atoms with Gasteiger partial charge < -0.3 is 19.6 Å². The zero-order chi connectivity index (χ0) is 18.0. The molecule has 0 spiro atoms. The van der Waals surface area contributed by atoms with Crippen molar-refractivity contribution in [2.45, 2.75) is 13.8 Å². The Morgan fingerprint density at radius 1 is 1.36 bits per heavy atom. The van der Waals surface area contributed by atoms with E-state index in [4.69, 9.17) is 9.47 Å². The Morgan fingerprint density at radius 2 is 2.16 bits per heavy atom. The summed E-state index contributed by atoms with van der Waals surface area (Å²) in [7, 11) is 0. The number of carbonyl (C=O) groups excluding carboxylic acids is 1. The van der Waals surface area contributed by atoms with Crippen molar-refractivity contribution in [3.05, 3.63) is 45.2 Å². The van der Waals surface area contributed by atoms with Crippen LogP contribution in [0.4, 0.5) is 5.82 Å². The Labute approximate surface area is 145 Å². The van der Waals surface area contributed by atoms with Gasteiger partial charge in [0, 0.05) is 0 Å². The van der Waals surface area contributed by atoms with E-state index in [1.807, 2.05) is 0 Å². The van der Waals surface area contributed by atoms with Crippen molar-refractivity contribution in [3.63, 3.8) is 0 Å². The standard InChI is InChI=1S/C15H12N4O5S/c1-3-23-15(20)11-8(2)10-13(17-7-18-14(10)25-11)24-9-5-4-6-16-12(9)19(21)22/h4-7H,3H2,1-2H3. The van der Waals surface area contributed by atoms with E-state index in [9.17, 15) is 14.9 Å². The molecule has 0 N–H and O–H groups in total. The molecule has 3 heterocycles. The zero-order valence-corrected chi connectivity index (χ0v) is 14.1. The Balaban J connectivity index is 2.09. The van der Waals surface area contributed by atoms with Gasteiger partial charge in [-0.25, -0.2) is 14.8 Å². The molecule has 3 aromatic rings. The predicted molar refractivity (Wildman–Crippen MR) is 89.1 cm³/mol. The van der Waals surface area contributed by atoms with Crippen LogP contribution < -0.4 is 4.74 Å². The topological polar surface area (TPSA) is 117 Å². The van der Waals surface area contributed by atoms with E-state index >= 15 is 0 Å². The largest absolute Gasteiger partial charge is 0.462 e. The van der Waals surface area contributed by atoms with Crippen molar-refractivity contribution in [3.8, 4) is 11.6 Å². The molecule has 0 atom stereocenters. The van der Waals surface area contributed by atoms with Crippen molar-refractivity contribution in [2.75, 3.05) is 6.61 Å². The normalized spacial score (nSPS) is 10.6. The minimum absolute atomic E-state index is 0.0456. The third-order valence-electron chi connectivity index (χ3n) is 3.28. The van der Waals surface area contributed by atoms with Gasteiger partial charge in [-0.05, 0) is 41.5 Å². The van der Waals surface area contributed by atoms with Gasteiger partial charge in [-0.3, -0.25) is 0 Å². The summed E-state index contributed by atoms with van der Waals surface area (Å²) in [5, 5.41) is 11.6. The third-order valence-corrected chi connectivity index (χ3v) is 4.46. The van der Waals surface area contributed by atoms with Crippen LogP contribution in [0, 0.1) is 17.0 Å². The maximum Gasteiger partial charge on any atom is 0.406 e. The highest BCUT2D eigenvalue weighted by molar-refractivity contribution is 7.20. The molecular formula is C15H12N4O5S. The number of pyridine rings is 1. The first-order chi connectivity index (χ1) is 12.0. The number of rotatable bonds is 5. The highest BCUT2D eigenvalue weighted by Crippen LogP contribution is 2.38. The van der Waals surface area contributed by atoms with Crippen molar-refractivity contribution < 1.29 is 19.2 Å². The number of nitro groups is 1. The molecular weight excluding hydrogens is 348 g/mol. The summed E-state index contributed by atoms with van der Waals surface area (Å²) in [6.07, 6.45) is 2.57. The number of hydrogen-bond donors (Lipinski definition) is 0. The van der Waals surface area contributed by atoms with Crippen molar-refractivity contribution >= 4 is 33.3 Å². The van der Waals surface area contributed by atoms with E-state index in [0.717, 1.165) is 11.3 Å². The Morgan fingerprint density at radius 3 is 2.88 bits per heavy atom. The molecule has 0 bridgehead atoms. The molecule has 0 fully saturated rings. The lowest BCUT2D eigenvalue weighted by molar-refractivity contribution is -0.390. The van der Waals surface area contributed by atoms with Crippen LogP contribution in [0.3, 0.4) is 0 Å². The average Bonchev–Trinajstić information content (AvgIpc) is 2.93. The van der Waals surface area contributed by atoms with E-state index in [1.165, 1.54) is 24.7 Å². The van der Waals surface area contributed by atoms with Gasteiger partial charge in [0.25, 0.3) is 0 Å². The summed E-state index contributed by atoms with van der Waals surface area (Å²) in [5.41, 5.74) is 0.598. The average molecular weight is 360 g/mol. The summed E-state index contributed by atoms with van der Waals surface area (Å²) in [6, 6.07) is 2.94. The van der Waals surface area contributed by atoms with Crippen molar-refractivity contribution in [1.82, 2.24) is 15.0 Å². The molecule has 10 heteroatoms. The third kappa shape index (κ3) is 3.11. The number of fused-ring (bicyclic) bond motifs is 1. The Hall–Kier alpha value is -3.14. The summed E-state index contributed by atoms with van der Waals surface area (Å²) in [6.45, 7) is 3.69. The summed E-state index contributed by atoms with van der Waals surface area (Å²) >= 11 is 1.15. The first-order valence-corrected chi connectivity index (χ1v) is 8.03. The lowest BCUT2D eigenvalue weighted by Crippen LogP contribution is -2.03. The number of hydrogen-bond acceptors (Lipinski definition) is 9. The predicted octanol–water partition coefficient (Wildman–Crippen LogP) is 3.27. The summed E-state index contributed by atoms with van der Waals surface area (Å²) < 4.78 is 10.6. The number of esters is 1. The van der Waals surface area contributed by atoms with Crippen LogP contribution in [-0.2, 0) is 4.74 Å². The SMILES string of the molecule is CCOC(=O)c1sc2ncnc(Oc3cccnc3[N+](=O)[O-])c2c1C. The van der Waals surface area contributed by atoms with Gasteiger partial charge in [-0.15, -0.1) is 11.3 Å². The quantitative estimate of drug-likeness (QED) is 0.386. The van der Waals surface area contributed by atoms with Gasteiger partial charge in [0.2, 0.25) is 11.6 Å². The molecule has 0 aliphatic rings. The van der Waals surface area contributed by atoms with E-state index in [-0.39, 0.29) is 18.2 Å². The van der Waals surface area contributed by atoms with Gasteiger partial charge in [0.15, 0.2) is 0 Å². The molecule has 0 saturated carbocycles. The van der Waals surface area contributed by atoms with Crippen LogP contribution in [0.1, 0.15) is 22.2 Å². The molecule has 9 nitrogen and oxygen atoms in total. The molecule has 3 aromatic heterocycles. The maximum atomic E-state index is 12.0. The van der Waals surface area contributed by atoms with E-state index in [1.54, 1.807) is 13.8 Å². The summed E-state index contributed by atoms with van der Waals surface area (Å²) in [4.78, 5) is 35.3. The molecule has 0 saturated heterocycles. The lowest BCUT2D eigenvalue weighted by Gasteiger charge is -2.06. The second-order valence-corrected chi connectivity index (χ2v) is 5.82. The molecule has 0 aliphatic heterocycles. The number of carbonyl (C=O) groups is 1. The Kier molecular flexibility index (Phi) is 4.52. The van der Waals surface area contributed by atoms with Gasteiger partial charge in [0.05, 0.1) is 12.0 Å². The van der Waals surface area contributed by atoms with Crippen LogP contribution in [0.2, 0.25) is 0 Å². The van der Waals surface area contributed by atoms with Gasteiger partial charge in [0.1, 0.15) is 22.2 Å². The van der Waals surface area contributed by atoms with Gasteiger partial charge >= 0.3 is 11.8 Å². The first-order valence-electron chi connectivity index (χ1n) is 7.21. The summed E-state index contributed by atoms with van der Waals surface area (Å²) in [5.74, 6) is -0.810. The maximum absolute atomic E-state index is 12.0. The molecule has 0 radical (unpaired) electrons. The van der Waals surface area contributed by atoms with E-state index in [0.29, 0.717) is 20.7 Å². The van der Waals surface area contributed by atoms with Crippen LogP contribution in [0.25, 0.3) is 10.2 Å². The zero-order valence-electron chi connectivity index (χ0n) is 13.3. The number of ether oxygens (including phenoxy) is 2. The fourth-order valence-electron chi connectivity index (χ4n) is 2.21. The first kappa shape index (κ1) is 16.7. The highest BCUT2D eigenvalue weighted by Gasteiger charge is 2.23. The van der Waals surface area contributed by atoms with Crippen LogP contribution in [0.5, 0.6) is 11.6 Å². The minimum Gasteiger partial charge on any atom is -0.462 e. The number of aryl methyl sites for hydroxylation is 1. The Bertz CT molecular complexity index is 972. The van der Waals surface area contributed by atoms with Crippen molar-refractivity contribution in [2.24, 2.45) is 0 Å². The molecule has 0 amide bonds. The van der Waals surface area contributed by atoms with E-state index < -0.39 is 16.7 Å². The van der Waals surface area contributed by atoms with E-state index in [2.05, 4.69) is 15.0 Å². The van der Waals surface area contributed by atoms with Crippen molar-refractivity contribution in [1.29, 1.82) is 0 Å². The highest BCUT2D eigenvalue weighted by atomic mass is 32.1. The lowest BCUT2D eigenvalue weighted by atomic mass is 10.2. The number of thiophene rings is 1. The second-order valence-electron chi connectivity index (χ2n) is 4.82.